The number of ether oxygens (including phenoxy) is 1. The zero-order valence-corrected chi connectivity index (χ0v) is 17.6. The highest BCUT2D eigenvalue weighted by Gasteiger charge is 2.31. The van der Waals surface area contributed by atoms with Crippen molar-refractivity contribution in [1.82, 2.24) is 4.98 Å². The number of thioether (sulfide) groups is 1. The van der Waals surface area contributed by atoms with Gasteiger partial charge in [-0.3, -0.25) is 9.59 Å². The predicted octanol–water partition coefficient (Wildman–Crippen LogP) is 4.22. The van der Waals surface area contributed by atoms with E-state index in [9.17, 15) is 22.8 Å². The van der Waals surface area contributed by atoms with Crippen molar-refractivity contribution in [1.29, 1.82) is 0 Å². The van der Waals surface area contributed by atoms with E-state index in [1.807, 2.05) is 23.3 Å². The van der Waals surface area contributed by atoms with Crippen LogP contribution < -0.4 is 10.2 Å². The number of amides is 1. The van der Waals surface area contributed by atoms with Gasteiger partial charge in [0.15, 0.2) is 6.61 Å². The van der Waals surface area contributed by atoms with E-state index < -0.39 is 23.6 Å². The number of aromatic nitrogens is 1. The van der Waals surface area contributed by atoms with Crippen molar-refractivity contribution in [3.05, 3.63) is 48.2 Å². The van der Waals surface area contributed by atoms with Gasteiger partial charge in [-0.15, -0.1) is 11.8 Å². The second kappa shape index (κ2) is 10.0. The fourth-order valence-electron chi connectivity index (χ4n) is 3.27. The van der Waals surface area contributed by atoms with Gasteiger partial charge in [0.2, 0.25) is 0 Å². The molecule has 6 nitrogen and oxygen atoms in total. The summed E-state index contributed by atoms with van der Waals surface area (Å²) in [6, 6.07) is 9.66. The molecule has 0 unspecified atom stereocenters. The maximum Gasteiger partial charge on any atom is 0.417 e. The number of hydrogen-bond acceptors (Lipinski definition) is 6. The lowest BCUT2D eigenvalue weighted by molar-refractivity contribution is -0.152. The van der Waals surface area contributed by atoms with E-state index in [2.05, 4.69) is 10.3 Å². The zero-order valence-electron chi connectivity index (χ0n) is 16.8. The van der Waals surface area contributed by atoms with Crippen LogP contribution in [0.1, 0.15) is 18.4 Å². The quantitative estimate of drug-likeness (QED) is 0.522. The fraction of sp³-hybridized carbons (Fsp3) is 0.381. The molecule has 0 bridgehead atoms. The molecule has 1 aliphatic rings. The number of nitrogens with one attached hydrogen (secondary N) is 1. The lowest BCUT2D eigenvalue weighted by Crippen LogP contribution is -2.38. The number of carbonyl (C=O) groups is 2. The number of alkyl halides is 3. The molecule has 1 saturated heterocycles. The van der Waals surface area contributed by atoms with Crippen LogP contribution in [0.5, 0.6) is 0 Å². The highest BCUT2D eigenvalue weighted by molar-refractivity contribution is 7.98. The van der Waals surface area contributed by atoms with Gasteiger partial charge in [0, 0.05) is 24.2 Å². The normalized spacial score (nSPS) is 14.9. The van der Waals surface area contributed by atoms with E-state index >= 15 is 0 Å². The average molecular weight is 453 g/mol. The van der Waals surface area contributed by atoms with Gasteiger partial charge in [-0.2, -0.15) is 13.2 Å². The van der Waals surface area contributed by atoms with Crippen molar-refractivity contribution in [3.8, 4) is 0 Å². The molecule has 2 aromatic rings. The summed E-state index contributed by atoms with van der Waals surface area (Å²) in [6.45, 7) is 0.555. The number of anilines is 2. The van der Waals surface area contributed by atoms with Crippen molar-refractivity contribution in [3.63, 3.8) is 0 Å². The SMILES string of the molecule is CSc1ccccc1NC(=O)COC(=O)C1CCN(c2ccc(C(F)(F)F)cn2)CC1. The van der Waals surface area contributed by atoms with Gasteiger partial charge < -0.3 is 15.0 Å². The molecule has 1 aromatic carbocycles. The Morgan fingerprint density at radius 2 is 1.90 bits per heavy atom. The van der Waals surface area contributed by atoms with Crippen LogP contribution in [-0.4, -0.2) is 42.8 Å². The molecule has 2 heterocycles. The molecule has 0 atom stereocenters. The van der Waals surface area contributed by atoms with Crippen LogP contribution in [0.25, 0.3) is 0 Å². The topological polar surface area (TPSA) is 71.5 Å². The van der Waals surface area contributed by atoms with Gasteiger partial charge in [-0.05, 0) is 43.4 Å². The first-order valence-electron chi connectivity index (χ1n) is 9.65. The van der Waals surface area contributed by atoms with Gasteiger partial charge in [0.25, 0.3) is 5.91 Å². The lowest BCUT2D eigenvalue weighted by Gasteiger charge is -2.31. The third-order valence-corrected chi connectivity index (χ3v) is 5.75. The number of carbonyl (C=O) groups excluding carboxylic acids is 2. The molecule has 166 valence electrons. The van der Waals surface area contributed by atoms with Crippen LogP contribution in [0.3, 0.4) is 0 Å². The minimum absolute atomic E-state index is 0.364. The molecule has 10 heteroatoms. The van der Waals surface area contributed by atoms with E-state index in [0.717, 1.165) is 17.2 Å². The fourth-order valence-corrected chi connectivity index (χ4v) is 3.83. The highest BCUT2D eigenvalue weighted by Crippen LogP contribution is 2.30. The molecule has 3 rings (SSSR count). The maximum absolute atomic E-state index is 12.7. The smallest absolute Gasteiger partial charge is 0.417 e. The summed E-state index contributed by atoms with van der Waals surface area (Å²) >= 11 is 1.50. The number of halogens is 3. The Balaban J connectivity index is 1.45. The van der Waals surface area contributed by atoms with Crippen molar-refractivity contribution in [2.75, 3.05) is 36.2 Å². The van der Waals surface area contributed by atoms with Crippen LogP contribution in [0.2, 0.25) is 0 Å². The minimum atomic E-state index is -4.42. The van der Waals surface area contributed by atoms with E-state index in [-0.39, 0.29) is 12.5 Å². The molecule has 1 amide bonds. The number of pyridine rings is 1. The summed E-state index contributed by atoms with van der Waals surface area (Å²) in [6.07, 6.45) is -0.774. The van der Waals surface area contributed by atoms with E-state index in [0.29, 0.717) is 37.4 Å². The predicted molar refractivity (Wildman–Crippen MR) is 112 cm³/mol. The number of rotatable bonds is 6. The van der Waals surface area contributed by atoms with Gasteiger partial charge in [-0.1, -0.05) is 12.1 Å². The standard InChI is InChI=1S/C21H22F3N3O3S/c1-31-17-5-3-2-4-16(17)26-19(28)13-30-20(29)14-8-10-27(11-9-14)18-7-6-15(12-25-18)21(22,23)24/h2-7,12,14H,8-11,13H2,1H3,(H,26,28). The third kappa shape index (κ3) is 6.13. The Hall–Kier alpha value is -2.75. The third-order valence-electron chi connectivity index (χ3n) is 4.95. The Kier molecular flexibility index (Phi) is 7.42. The van der Waals surface area contributed by atoms with Crippen molar-refractivity contribution >= 4 is 35.1 Å². The van der Waals surface area contributed by atoms with Crippen molar-refractivity contribution in [2.45, 2.75) is 23.9 Å². The molecule has 1 N–H and O–H groups in total. The summed E-state index contributed by atoms with van der Waals surface area (Å²) in [7, 11) is 0. The van der Waals surface area contributed by atoms with E-state index in [1.165, 1.54) is 17.8 Å². The number of hydrogen-bond donors (Lipinski definition) is 1. The summed E-state index contributed by atoms with van der Waals surface area (Å²) in [5, 5.41) is 2.73. The molecule has 1 fully saturated rings. The molecule has 0 radical (unpaired) electrons. The number of nitrogens with zero attached hydrogens (tertiary/aromatic N) is 2. The Morgan fingerprint density at radius 1 is 1.19 bits per heavy atom. The number of piperidine rings is 1. The summed E-state index contributed by atoms with van der Waals surface area (Å²) in [5.74, 6) is -0.793. The van der Waals surface area contributed by atoms with Crippen LogP contribution >= 0.6 is 11.8 Å². The van der Waals surface area contributed by atoms with Crippen molar-refractivity contribution in [2.24, 2.45) is 5.92 Å². The molecular weight excluding hydrogens is 431 g/mol. The zero-order chi connectivity index (χ0) is 22.4. The molecule has 0 saturated carbocycles. The summed E-state index contributed by atoms with van der Waals surface area (Å²) < 4.78 is 43.1. The first-order valence-corrected chi connectivity index (χ1v) is 10.9. The van der Waals surface area contributed by atoms with Gasteiger partial charge in [-0.25, -0.2) is 4.98 Å². The van der Waals surface area contributed by atoms with Crippen LogP contribution in [0, 0.1) is 5.92 Å². The Bertz CT molecular complexity index is 914. The maximum atomic E-state index is 12.7. The minimum Gasteiger partial charge on any atom is -0.455 e. The average Bonchev–Trinajstić information content (AvgIpc) is 2.77. The van der Waals surface area contributed by atoms with Crippen molar-refractivity contribution < 1.29 is 27.5 Å². The van der Waals surface area contributed by atoms with Crippen LogP contribution in [0.15, 0.2) is 47.5 Å². The van der Waals surface area contributed by atoms with Gasteiger partial charge >= 0.3 is 12.1 Å². The highest BCUT2D eigenvalue weighted by atomic mass is 32.2. The van der Waals surface area contributed by atoms with E-state index in [4.69, 9.17) is 4.74 Å². The number of para-hydroxylation sites is 1. The summed E-state index contributed by atoms with van der Waals surface area (Å²) in [4.78, 5) is 31.0. The van der Waals surface area contributed by atoms with Crippen LogP contribution in [-0.2, 0) is 20.5 Å². The molecular formula is C21H22F3N3O3S. The molecule has 31 heavy (non-hydrogen) atoms. The first kappa shape index (κ1) is 22.9. The van der Waals surface area contributed by atoms with Gasteiger partial charge in [0.05, 0.1) is 17.2 Å². The second-order valence-electron chi connectivity index (χ2n) is 7.02. The van der Waals surface area contributed by atoms with E-state index in [1.54, 1.807) is 12.1 Å². The first-order chi connectivity index (χ1) is 14.8. The van der Waals surface area contributed by atoms with Gasteiger partial charge in [0.1, 0.15) is 5.82 Å². The summed E-state index contributed by atoms with van der Waals surface area (Å²) in [5.41, 5.74) is -0.137. The number of esters is 1. The second-order valence-corrected chi connectivity index (χ2v) is 7.87. The Labute approximate surface area is 182 Å². The Morgan fingerprint density at radius 3 is 2.52 bits per heavy atom. The molecule has 0 aliphatic carbocycles. The lowest BCUT2D eigenvalue weighted by atomic mass is 9.97. The monoisotopic (exact) mass is 453 g/mol. The molecule has 1 aliphatic heterocycles. The largest absolute Gasteiger partial charge is 0.455 e. The van der Waals surface area contributed by atoms with Crippen LogP contribution in [0.4, 0.5) is 24.7 Å². The molecule has 0 spiro atoms. The number of benzene rings is 1. The molecule has 1 aromatic heterocycles.